The van der Waals surface area contributed by atoms with E-state index in [-0.39, 0.29) is 17.8 Å². The first-order valence-corrected chi connectivity index (χ1v) is 11.6. The molecule has 0 fully saturated rings. The van der Waals surface area contributed by atoms with Crippen molar-refractivity contribution in [3.63, 3.8) is 0 Å². The highest BCUT2D eigenvalue weighted by Crippen LogP contribution is 2.27. The number of nitrogens with one attached hydrogen (secondary N) is 1. The second-order valence-electron chi connectivity index (χ2n) is 7.10. The maximum Gasteiger partial charge on any atom is 0.328 e. The van der Waals surface area contributed by atoms with Crippen LogP contribution in [0.1, 0.15) is 12.2 Å². The van der Waals surface area contributed by atoms with Gasteiger partial charge in [-0.3, -0.25) is 9.59 Å². The molecule has 9 heteroatoms. The number of thioether (sulfide) groups is 1. The van der Waals surface area contributed by atoms with E-state index in [2.05, 4.69) is 5.32 Å². The van der Waals surface area contributed by atoms with Crippen molar-refractivity contribution in [2.45, 2.75) is 19.4 Å². The highest BCUT2D eigenvalue weighted by Gasteiger charge is 2.21. The fraction of sp³-hybridized carbons (Fsp3) is 0.292. The summed E-state index contributed by atoms with van der Waals surface area (Å²) in [7, 11) is 1.28. The Hall–Kier alpha value is -3.46. The van der Waals surface area contributed by atoms with Crippen molar-refractivity contribution in [3.8, 4) is 17.2 Å². The average Bonchev–Trinajstić information content (AvgIpc) is 2.83. The monoisotopic (exact) mass is 471 g/mol. The summed E-state index contributed by atoms with van der Waals surface area (Å²) in [4.78, 5) is 37.0. The molecule has 1 amide bonds. The normalized spacial score (nSPS) is 11.6. The van der Waals surface area contributed by atoms with Crippen molar-refractivity contribution in [1.82, 2.24) is 5.32 Å². The highest BCUT2D eigenvalue weighted by atomic mass is 32.2. The number of para-hydroxylation sites is 1. The largest absolute Gasteiger partial charge is 0.484 e. The maximum atomic E-state index is 12.9. The molecule has 0 saturated heterocycles. The van der Waals surface area contributed by atoms with Gasteiger partial charge in [-0.2, -0.15) is 11.8 Å². The standard InChI is InChI=1S/C24H25NO7S/c1-15-23(32-16-7-5-4-6-8-16)22(27)18-10-9-17(13-20(18)31-15)30-14-21(26)25-19(11-12-33-3)24(28)29-2/h4-10,13,19H,11-12,14H2,1-3H3,(H,25,26)/t19-/m1/s1. The van der Waals surface area contributed by atoms with E-state index in [4.69, 9.17) is 18.6 Å². The van der Waals surface area contributed by atoms with Gasteiger partial charge in [0, 0.05) is 6.07 Å². The molecule has 0 aliphatic heterocycles. The van der Waals surface area contributed by atoms with E-state index < -0.39 is 17.9 Å². The van der Waals surface area contributed by atoms with Crippen molar-refractivity contribution < 1.29 is 28.2 Å². The van der Waals surface area contributed by atoms with E-state index in [0.29, 0.717) is 40.4 Å². The second-order valence-corrected chi connectivity index (χ2v) is 8.09. The number of rotatable bonds is 10. The first-order valence-electron chi connectivity index (χ1n) is 10.2. The number of methoxy groups -OCH3 is 1. The summed E-state index contributed by atoms with van der Waals surface area (Å²) in [6.45, 7) is 1.33. The summed E-state index contributed by atoms with van der Waals surface area (Å²) >= 11 is 1.56. The number of fused-ring (bicyclic) bond motifs is 1. The number of hydrogen-bond acceptors (Lipinski definition) is 8. The zero-order valence-corrected chi connectivity index (χ0v) is 19.4. The summed E-state index contributed by atoms with van der Waals surface area (Å²) in [5.41, 5.74) is -0.000150. The Bertz CT molecular complexity index is 1180. The molecule has 0 spiro atoms. The minimum absolute atomic E-state index is 0.112. The van der Waals surface area contributed by atoms with Crippen LogP contribution < -0.4 is 20.2 Å². The molecule has 0 bridgehead atoms. The smallest absolute Gasteiger partial charge is 0.328 e. The number of amides is 1. The van der Waals surface area contributed by atoms with Crippen molar-refractivity contribution in [2.24, 2.45) is 0 Å². The van der Waals surface area contributed by atoms with Crippen LogP contribution in [-0.2, 0) is 14.3 Å². The number of hydrogen-bond donors (Lipinski definition) is 1. The minimum atomic E-state index is -0.737. The van der Waals surface area contributed by atoms with Crippen LogP contribution in [-0.4, -0.2) is 43.6 Å². The molecular formula is C24H25NO7S. The first-order chi connectivity index (χ1) is 15.9. The molecule has 0 unspecified atom stereocenters. The number of carbonyl (C=O) groups excluding carboxylic acids is 2. The van der Waals surface area contributed by atoms with Crippen molar-refractivity contribution in [1.29, 1.82) is 0 Å². The van der Waals surface area contributed by atoms with Crippen LogP contribution in [0.25, 0.3) is 11.0 Å². The molecule has 0 radical (unpaired) electrons. The van der Waals surface area contributed by atoms with Gasteiger partial charge in [-0.15, -0.1) is 0 Å². The Labute approximate surface area is 195 Å². The topological polar surface area (TPSA) is 104 Å². The SMILES string of the molecule is COC(=O)[C@@H](CCSC)NC(=O)COc1ccc2c(=O)c(Oc3ccccc3)c(C)oc2c1. The Kier molecular flexibility index (Phi) is 8.37. The molecular weight excluding hydrogens is 446 g/mol. The fourth-order valence-corrected chi connectivity index (χ4v) is 3.57. The van der Waals surface area contributed by atoms with Crippen LogP contribution in [0.5, 0.6) is 17.2 Å². The molecule has 2 aromatic carbocycles. The number of esters is 1. The van der Waals surface area contributed by atoms with Gasteiger partial charge in [0.25, 0.3) is 5.91 Å². The molecule has 3 rings (SSSR count). The lowest BCUT2D eigenvalue weighted by Crippen LogP contribution is -2.43. The lowest BCUT2D eigenvalue weighted by Gasteiger charge is -2.16. The Morgan fingerprint density at radius 1 is 1.12 bits per heavy atom. The third-order valence-corrected chi connectivity index (χ3v) is 5.40. The molecule has 1 aromatic heterocycles. The summed E-state index contributed by atoms with van der Waals surface area (Å²) in [6.07, 6.45) is 2.36. The Morgan fingerprint density at radius 2 is 1.88 bits per heavy atom. The summed E-state index contributed by atoms with van der Waals surface area (Å²) < 4.78 is 21.8. The third-order valence-electron chi connectivity index (χ3n) is 4.75. The summed E-state index contributed by atoms with van der Waals surface area (Å²) in [6, 6.07) is 12.9. The lowest BCUT2D eigenvalue weighted by atomic mass is 10.2. The number of carbonyl (C=O) groups is 2. The predicted molar refractivity (Wildman–Crippen MR) is 126 cm³/mol. The number of ether oxygens (including phenoxy) is 3. The molecule has 174 valence electrons. The first kappa shape index (κ1) is 24.2. The van der Waals surface area contributed by atoms with Gasteiger partial charge in [0.15, 0.2) is 6.61 Å². The van der Waals surface area contributed by atoms with Crippen LogP contribution in [0.15, 0.2) is 57.7 Å². The van der Waals surface area contributed by atoms with Gasteiger partial charge in [-0.25, -0.2) is 4.79 Å². The van der Waals surface area contributed by atoms with Crippen molar-refractivity contribution in [3.05, 3.63) is 64.5 Å². The molecule has 8 nitrogen and oxygen atoms in total. The fourth-order valence-electron chi connectivity index (χ4n) is 3.09. The molecule has 0 aliphatic carbocycles. The number of aryl methyl sites for hydroxylation is 1. The van der Waals surface area contributed by atoms with Gasteiger partial charge >= 0.3 is 5.97 Å². The Morgan fingerprint density at radius 3 is 2.58 bits per heavy atom. The van der Waals surface area contributed by atoms with Crippen molar-refractivity contribution in [2.75, 3.05) is 25.7 Å². The number of benzene rings is 2. The van der Waals surface area contributed by atoms with E-state index in [0.717, 1.165) is 0 Å². The van der Waals surface area contributed by atoms with Crippen LogP contribution in [0.4, 0.5) is 0 Å². The van der Waals surface area contributed by atoms with Gasteiger partial charge in [0.2, 0.25) is 11.2 Å². The van der Waals surface area contributed by atoms with Crippen LogP contribution >= 0.6 is 11.8 Å². The molecule has 1 N–H and O–H groups in total. The van der Waals surface area contributed by atoms with Crippen molar-refractivity contribution >= 4 is 34.6 Å². The predicted octanol–water partition coefficient (Wildman–Crippen LogP) is 3.68. The minimum Gasteiger partial charge on any atom is -0.484 e. The zero-order valence-electron chi connectivity index (χ0n) is 18.6. The average molecular weight is 472 g/mol. The second kappa shape index (κ2) is 11.4. The van der Waals surface area contributed by atoms with Gasteiger partial charge in [0.1, 0.15) is 28.9 Å². The molecule has 33 heavy (non-hydrogen) atoms. The lowest BCUT2D eigenvalue weighted by molar-refractivity contribution is -0.145. The zero-order chi connectivity index (χ0) is 23.8. The van der Waals surface area contributed by atoms with Gasteiger partial charge < -0.3 is 23.9 Å². The van der Waals surface area contributed by atoms with Crippen LogP contribution in [0, 0.1) is 6.92 Å². The van der Waals surface area contributed by atoms with E-state index in [1.165, 1.54) is 13.2 Å². The summed E-state index contributed by atoms with van der Waals surface area (Å²) in [5, 5.41) is 2.94. The van der Waals surface area contributed by atoms with E-state index in [9.17, 15) is 14.4 Å². The molecule has 0 aliphatic rings. The van der Waals surface area contributed by atoms with E-state index in [1.807, 2.05) is 24.5 Å². The van der Waals surface area contributed by atoms with E-state index in [1.54, 1.807) is 43.0 Å². The molecule has 3 aromatic rings. The molecule has 1 atom stereocenters. The quantitative estimate of drug-likeness (QED) is 0.447. The summed E-state index contributed by atoms with van der Waals surface area (Å²) in [5.74, 6) is 1.03. The molecule has 0 saturated carbocycles. The van der Waals surface area contributed by atoms with Crippen LogP contribution in [0.2, 0.25) is 0 Å². The molecule has 1 heterocycles. The van der Waals surface area contributed by atoms with Crippen LogP contribution in [0.3, 0.4) is 0 Å². The maximum absolute atomic E-state index is 12.9. The highest BCUT2D eigenvalue weighted by molar-refractivity contribution is 7.98. The van der Waals surface area contributed by atoms with Gasteiger partial charge in [-0.1, -0.05) is 18.2 Å². The van der Waals surface area contributed by atoms with E-state index >= 15 is 0 Å². The Balaban J connectivity index is 1.71. The van der Waals surface area contributed by atoms with Gasteiger partial charge in [-0.05, 0) is 49.6 Å². The third kappa shape index (κ3) is 6.29. The van der Waals surface area contributed by atoms with Gasteiger partial charge in [0.05, 0.1) is 12.5 Å².